The van der Waals surface area contributed by atoms with Gasteiger partial charge in [-0.25, -0.2) is 8.78 Å². The van der Waals surface area contributed by atoms with Crippen molar-refractivity contribution in [1.82, 2.24) is 4.57 Å². The van der Waals surface area contributed by atoms with Gasteiger partial charge < -0.3 is 15.0 Å². The number of aliphatic hydroxyl groups is 1. The first-order valence-corrected chi connectivity index (χ1v) is 8.05. The largest absolute Gasteiger partial charge is 0.419 e. The Morgan fingerprint density at radius 1 is 1.38 bits per heavy atom. The van der Waals surface area contributed by atoms with Crippen LogP contribution in [0.25, 0.3) is 0 Å². The minimum absolute atomic E-state index is 0.206. The summed E-state index contributed by atoms with van der Waals surface area (Å²) in [5.41, 5.74) is -1.29. The topological polar surface area (TPSA) is 71.3 Å². The van der Waals surface area contributed by atoms with Gasteiger partial charge in [-0.15, -0.1) is 11.3 Å². The van der Waals surface area contributed by atoms with Crippen molar-refractivity contribution < 1.29 is 31.9 Å². The number of alkyl halides is 4. The van der Waals surface area contributed by atoms with E-state index in [1.54, 1.807) is 0 Å². The highest BCUT2D eigenvalue weighted by atomic mass is 35.5. The van der Waals surface area contributed by atoms with Crippen molar-refractivity contribution >= 4 is 34.5 Å². The summed E-state index contributed by atoms with van der Waals surface area (Å²) in [5, 5.41) is 10.9. The molecule has 0 bridgehead atoms. The zero-order valence-corrected chi connectivity index (χ0v) is 14.2. The average molecular weight is 417 g/mol. The summed E-state index contributed by atoms with van der Waals surface area (Å²) in [6.45, 7) is -1.39. The molecule has 2 heterocycles. The number of hydrogen-bond acceptors (Lipinski definition) is 4. The van der Waals surface area contributed by atoms with Crippen molar-refractivity contribution in [3.05, 3.63) is 49.3 Å². The highest BCUT2D eigenvalue weighted by Gasteiger charge is 2.41. The third kappa shape index (κ3) is 4.40. The van der Waals surface area contributed by atoms with E-state index in [-0.39, 0.29) is 10.6 Å². The van der Waals surface area contributed by atoms with Crippen LogP contribution in [0.4, 0.5) is 27.6 Å². The number of aliphatic hydroxyl groups excluding tert-OH is 1. The molecular weight excluding hydrogens is 407 g/mol. The van der Waals surface area contributed by atoms with Gasteiger partial charge in [-0.2, -0.15) is 13.2 Å². The van der Waals surface area contributed by atoms with Crippen molar-refractivity contribution in [1.29, 1.82) is 0 Å². The lowest BCUT2D eigenvalue weighted by atomic mass is 10.3. The summed E-state index contributed by atoms with van der Waals surface area (Å²) >= 11 is 5.94. The number of rotatable bonds is 5. The normalized spacial score (nSPS) is 12.9. The summed E-state index contributed by atoms with van der Waals surface area (Å²) in [4.78, 5) is 22.6. The van der Waals surface area contributed by atoms with Crippen LogP contribution in [0.15, 0.2) is 23.1 Å². The van der Waals surface area contributed by atoms with E-state index in [0.29, 0.717) is 22.0 Å². The second-order valence-corrected chi connectivity index (χ2v) is 6.48. The number of thiophene rings is 1. The Hall–Kier alpha value is -1.98. The molecule has 1 amide bonds. The second-order valence-electron chi connectivity index (χ2n) is 4.99. The maximum Gasteiger partial charge on any atom is 0.419 e. The van der Waals surface area contributed by atoms with Crippen LogP contribution in [0.2, 0.25) is 5.02 Å². The lowest BCUT2D eigenvalue weighted by Crippen LogP contribution is -2.24. The molecule has 1 unspecified atom stereocenters. The van der Waals surface area contributed by atoms with Crippen LogP contribution in [0.5, 0.6) is 0 Å². The molecule has 12 heteroatoms. The van der Waals surface area contributed by atoms with Crippen LogP contribution in [0.1, 0.15) is 20.7 Å². The van der Waals surface area contributed by atoms with Gasteiger partial charge in [0.15, 0.2) is 11.9 Å². The highest BCUT2D eigenvalue weighted by Crippen LogP contribution is 2.40. The van der Waals surface area contributed by atoms with Gasteiger partial charge in [-0.1, -0.05) is 11.6 Å². The quantitative estimate of drug-likeness (QED) is 0.733. The number of amides is 1. The molecule has 2 aromatic heterocycles. The van der Waals surface area contributed by atoms with E-state index in [9.17, 15) is 36.6 Å². The maximum absolute atomic E-state index is 13.5. The summed E-state index contributed by atoms with van der Waals surface area (Å²) in [6, 6.07) is 1.61. The van der Waals surface area contributed by atoms with Gasteiger partial charge in [0.25, 0.3) is 11.5 Å². The van der Waals surface area contributed by atoms with E-state index < -0.39 is 52.7 Å². The smallest absolute Gasteiger partial charge is 0.379 e. The Bertz CT molecular complexity index is 880. The number of carbonyl (C=O) groups excluding carboxylic acids is 1. The monoisotopic (exact) mass is 416 g/mol. The Kier molecular flexibility index (Phi) is 6.04. The third-order valence-electron chi connectivity index (χ3n) is 3.12. The number of pyridine rings is 1. The van der Waals surface area contributed by atoms with Crippen molar-refractivity contribution in [2.24, 2.45) is 0 Å². The second kappa shape index (κ2) is 7.72. The number of halogens is 6. The SMILES string of the molecule is O=C(Nc1cc(F)c(=O)n(CCF)c1)c1cc(Cl)c(C(O)C(F)(F)F)s1. The Morgan fingerprint density at radius 3 is 2.62 bits per heavy atom. The van der Waals surface area contributed by atoms with Gasteiger partial charge in [0.05, 0.1) is 27.0 Å². The molecule has 26 heavy (non-hydrogen) atoms. The predicted octanol–water partition coefficient (Wildman–Crippen LogP) is 3.52. The van der Waals surface area contributed by atoms with E-state index >= 15 is 0 Å². The molecule has 0 aliphatic rings. The van der Waals surface area contributed by atoms with Gasteiger partial charge in [0, 0.05) is 12.3 Å². The maximum atomic E-state index is 13.5. The molecule has 0 fully saturated rings. The summed E-state index contributed by atoms with van der Waals surface area (Å²) in [6.07, 6.45) is -6.83. The zero-order valence-electron chi connectivity index (χ0n) is 12.6. The molecule has 2 N–H and O–H groups in total. The van der Waals surface area contributed by atoms with E-state index in [4.69, 9.17) is 11.6 Å². The fraction of sp³-hybridized carbons (Fsp3) is 0.286. The molecule has 1 atom stereocenters. The minimum Gasteiger partial charge on any atom is -0.379 e. The third-order valence-corrected chi connectivity index (χ3v) is 4.73. The number of nitrogens with one attached hydrogen (secondary N) is 1. The number of anilines is 1. The van der Waals surface area contributed by atoms with Crippen molar-refractivity contribution in [3.63, 3.8) is 0 Å². The van der Waals surface area contributed by atoms with Crippen LogP contribution < -0.4 is 10.9 Å². The van der Waals surface area contributed by atoms with Crippen molar-refractivity contribution in [3.8, 4) is 0 Å². The minimum atomic E-state index is -4.97. The fourth-order valence-electron chi connectivity index (χ4n) is 1.95. The summed E-state index contributed by atoms with van der Waals surface area (Å²) in [7, 11) is 0. The van der Waals surface area contributed by atoms with Gasteiger partial charge in [0.2, 0.25) is 0 Å². The number of aryl methyl sites for hydroxylation is 1. The molecule has 5 nitrogen and oxygen atoms in total. The van der Waals surface area contributed by atoms with Crippen LogP contribution in [0, 0.1) is 5.82 Å². The molecule has 0 aliphatic heterocycles. The van der Waals surface area contributed by atoms with Gasteiger partial charge in [0.1, 0.15) is 6.67 Å². The van der Waals surface area contributed by atoms with Crippen LogP contribution in [-0.4, -0.2) is 28.4 Å². The number of aromatic nitrogens is 1. The van der Waals surface area contributed by atoms with Crippen LogP contribution >= 0.6 is 22.9 Å². The zero-order chi connectivity index (χ0) is 19.6. The van der Waals surface area contributed by atoms with Crippen molar-refractivity contribution in [2.75, 3.05) is 12.0 Å². The Balaban J connectivity index is 2.28. The Morgan fingerprint density at radius 2 is 2.04 bits per heavy atom. The van der Waals surface area contributed by atoms with E-state index in [2.05, 4.69) is 5.32 Å². The van der Waals surface area contributed by atoms with E-state index in [1.807, 2.05) is 0 Å². The standard InChI is InChI=1S/C14H10ClF5N2O3S/c15-7-4-9(26-10(7)11(23)14(18,19)20)12(24)21-6-3-8(17)13(25)22(5-6)2-1-16/h3-5,11,23H,1-2H2,(H,21,24). The molecule has 0 aromatic carbocycles. The molecule has 142 valence electrons. The number of carbonyl (C=O) groups is 1. The number of nitrogens with zero attached hydrogens (tertiary/aromatic N) is 1. The average Bonchev–Trinajstić information content (AvgIpc) is 2.92. The van der Waals surface area contributed by atoms with Gasteiger partial charge in [-0.3, -0.25) is 9.59 Å². The molecule has 0 aliphatic carbocycles. The first kappa shape index (κ1) is 20.3. The lowest BCUT2D eigenvalue weighted by molar-refractivity contribution is -0.205. The van der Waals surface area contributed by atoms with Crippen molar-refractivity contribution in [2.45, 2.75) is 18.8 Å². The van der Waals surface area contributed by atoms with E-state index in [0.717, 1.165) is 12.3 Å². The fourth-order valence-corrected chi connectivity index (χ4v) is 3.30. The lowest BCUT2D eigenvalue weighted by Gasteiger charge is -2.12. The summed E-state index contributed by atoms with van der Waals surface area (Å²) in [5.74, 6) is -2.18. The first-order chi connectivity index (χ1) is 12.0. The highest BCUT2D eigenvalue weighted by molar-refractivity contribution is 7.14. The molecule has 0 radical (unpaired) electrons. The van der Waals surface area contributed by atoms with Gasteiger partial charge in [-0.05, 0) is 6.07 Å². The molecule has 2 rings (SSSR count). The number of hydrogen-bond donors (Lipinski definition) is 2. The van der Waals surface area contributed by atoms with Crippen LogP contribution in [-0.2, 0) is 6.54 Å². The molecule has 0 saturated carbocycles. The predicted molar refractivity (Wildman–Crippen MR) is 84.9 cm³/mol. The van der Waals surface area contributed by atoms with Gasteiger partial charge >= 0.3 is 6.18 Å². The van der Waals surface area contributed by atoms with E-state index in [1.165, 1.54) is 0 Å². The molecule has 0 saturated heterocycles. The summed E-state index contributed by atoms with van der Waals surface area (Å²) < 4.78 is 64.3. The molecular formula is C14H10ClF5N2O3S. The van der Waals surface area contributed by atoms with Crippen LogP contribution in [0.3, 0.4) is 0 Å². The molecule has 2 aromatic rings. The Labute approximate surface area is 151 Å². The first-order valence-electron chi connectivity index (χ1n) is 6.86. The molecule has 0 spiro atoms.